The standard InChI is InChI=1S/C20H19N7O3/c21-18(28)15-10-14-17(30-15)19(27-6-8-29-9-7-27)24-20(22-14)23-16-11-13(25-26-16)12-4-2-1-3-5-12/h1-5,10-11H,6-9H2,(H2,21,28)(H2,22,23,24,25,26). The van der Waals surface area contributed by atoms with E-state index in [2.05, 4.69) is 25.5 Å². The average Bonchev–Trinajstić information content (AvgIpc) is 3.42. The van der Waals surface area contributed by atoms with Crippen molar-refractivity contribution in [3.05, 3.63) is 48.2 Å². The number of carbonyl (C=O) groups excluding carboxylic acids is 1. The van der Waals surface area contributed by atoms with Crippen molar-refractivity contribution >= 4 is 34.6 Å². The molecule has 0 spiro atoms. The zero-order chi connectivity index (χ0) is 20.5. The highest BCUT2D eigenvalue weighted by Gasteiger charge is 2.22. The van der Waals surface area contributed by atoms with Crippen molar-refractivity contribution in [3.8, 4) is 11.3 Å². The lowest BCUT2D eigenvalue weighted by Crippen LogP contribution is -2.37. The first-order valence-corrected chi connectivity index (χ1v) is 9.49. The molecule has 4 aromatic rings. The summed E-state index contributed by atoms with van der Waals surface area (Å²) < 4.78 is 11.1. The van der Waals surface area contributed by atoms with E-state index in [0.29, 0.717) is 55.0 Å². The molecular formula is C20H19N7O3. The first kappa shape index (κ1) is 18.1. The van der Waals surface area contributed by atoms with Crippen molar-refractivity contribution < 1.29 is 13.9 Å². The van der Waals surface area contributed by atoms with Gasteiger partial charge in [-0.05, 0) is 5.56 Å². The normalized spacial score (nSPS) is 14.2. The lowest BCUT2D eigenvalue weighted by Gasteiger charge is -2.27. The van der Waals surface area contributed by atoms with Crippen LogP contribution in [0.3, 0.4) is 0 Å². The number of nitrogens with two attached hydrogens (primary N) is 1. The van der Waals surface area contributed by atoms with Gasteiger partial charge in [-0.1, -0.05) is 30.3 Å². The number of fused-ring (bicyclic) bond motifs is 1. The van der Waals surface area contributed by atoms with Gasteiger partial charge >= 0.3 is 0 Å². The smallest absolute Gasteiger partial charge is 0.284 e. The third-order valence-corrected chi connectivity index (χ3v) is 4.81. The van der Waals surface area contributed by atoms with Crippen molar-refractivity contribution in [3.63, 3.8) is 0 Å². The van der Waals surface area contributed by atoms with Crippen molar-refractivity contribution in [2.24, 2.45) is 5.73 Å². The molecule has 0 aliphatic carbocycles. The number of primary amides is 1. The number of amides is 1. The minimum Gasteiger partial charge on any atom is -0.445 e. The highest BCUT2D eigenvalue weighted by atomic mass is 16.5. The average molecular weight is 405 g/mol. The molecule has 3 aromatic heterocycles. The Morgan fingerprint density at radius 1 is 1.13 bits per heavy atom. The number of nitrogens with zero attached hydrogens (tertiary/aromatic N) is 4. The number of aromatic nitrogens is 4. The predicted octanol–water partition coefficient (Wildman–Crippen LogP) is 2.29. The molecule has 1 fully saturated rings. The Hall–Kier alpha value is -3.92. The van der Waals surface area contributed by atoms with E-state index in [1.54, 1.807) is 0 Å². The first-order chi connectivity index (χ1) is 14.7. The number of hydrogen-bond donors (Lipinski definition) is 3. The molecule has 5 rings (SSSR count). The summed E-state index contributed by atoms with van der Waals surface area (Å²) in [6, 6.07) is 13.3. The van der Waals surface area contributed by atoms with E-state index in [0.717, 1.165) is 11.3 Å². The Morgan fingerprint density at radius 3 is 2.70 bits per heavy atom. The summed E-state index contributed by atoms with van der Waals surface area (Å²) in [5.74, 6) is 0.871. The fourth-order valence-electron chi connectivity index (χ4n) is 3.35. The lowest BCUT2D eigenvalue weighted by molar-refractivity contribution is 0.0976. The zero-order valence-corrected chi connectivity index (χ0v) is 16.0. The minimum atomic E-state index is -0.657. The van der Waals surface area contributed by atoms with Gasteiger partial charge in [0.2, 0.25) is 5.95 Å². The third-order valence-electron chi connectivity index (χ3n) is 4.81. The van der Waals surface area contributed by atoms with Gasteiger partial charge in [0.1, 0.15) is 5.52 Å². The molecule has 1 saturated heterocycles. The molecule has 152 valence electrons. The van der Waals surface area contributed by atoms with Gasteiger partial charge in [-0.3, -0.25) is 9.89 Å². The fourth-order valence-corrected chi connectivity index (χ4v) is 3.35. The minimum absolute atomic E-state index is 0.0390. The molecule has 4 heterocycles. The second-order valence-corrected chi connectivity index (χ2v) is 6.82. The van der Waals surface area contributed by atoms with Crippen LogP contribution in [0.1, 0.15) is 10.6 Å². The lowest BCUT2D eigenvalue weighted by atomic mass is 10.2. The second-order valence-electron chi connectivity index (χ2n) is 6.82. The number of ether oxygens (including phenoxy) is 1. The molecule has 30 heavy (non-hydrogen) atoms. The molecule has 0 saturated carbocycles. The number of carbonyl (C=O) groups is 1. The van der Waals surface area contributed by atoms with Crippen molar-refractivity contribution in [1.29, 1.82) is 0 Å². The van der Waals surface area contributed by atoms with Crippen LogP contribution in [0.5, 0.6) is 0 Å². The van der Waals surface area contributed by atoms with Crippen LogP contribution >= 0.6 is 0 Å². The quantitative estimate of drug-likeness (QED) is 0.460. The van der Waals surface area contributed by atoms with Crippen LogP contribution in [0, 0.1) is 0 Å². The van der Waals surface area contributed by atoms with Gasteiger partial charge in [0.05, 0.1) is 18.9 Å². The summed E-state index contributed by atoms with van der Waals surface area (Å²) in [7, 11) is 0. The number of hydrogen-bond acceptors (Lipinski definition) is 8. The number of benzene rings is 1. The van der Waals surface area contributed by atoms with Gasteiger partial charge in [-0.25, -0.2) is 4.98 Å². The molecule has 4 N–H and O–H groups in total. The maximum atomic E-state index is 11.6. The van der Waals surface area contributed by atoms with Crippen LogP contribution < -0.4 is 16.0 Å². The summed E-state index contributed by atoms with van der Waals surface area (Å²) in [6.45, 7) is 2.46. The molecule has 1 amide bonds. The van der Waals surface area contributed by atoms with E-state index in [4.69, 9.17) is 14.9 Å². The van der Waals surface area contributed by atoms with Crippen LogP contribution in [-0.2, 0) is 4.74 Å². The number of nitrogens with one attached hydrogen (secondary N) is 2. The molecule has 1 aliphatic rings. The van der Waals surface area contributed by atoms with Crippen molar-refractivity contribution in [1.82, 2.24) is 20.2 Å². The Balaban J connectivity index is 1.51. The molecule has 0 unspecified atom stereocenters. The van der Waals surface area contributed by atoms with Crippen LogP contribution in [0.2, 0.25) is 0 Å². The number of rotatable bonds is 5. The zero-order valence-electron chi connectivity index (χ0n) is 16.0. The number of anilines is 3. The summed E-state index contributed by atoms with van der Waals surface area (Å²) in [5, 5.41) is 10.4. The monoisotopic (exact) mass is 405 g/mol. The van der Waals surface area contributed by atoms with Gasteiger partial charge in [0.15, 0.2) is 23.0 Å². The number of aromatic amines is 1. The van der Waals surface area contributed by atoms with Gasteiger partial charge in [0, 0.05) is 25.2 Å². The fraction of sp³-hybridized carbons (Fsp3) is 0.200. The maximum Gasteiger partial charge on any atom is 0.284 e. The Labute approximate surface area is 171 Å². The van der Waals surface area contributed by atoms with Gasteiger partial charge in [-0.15, -0.1) is 0 Å². The van der Waals surface area contributed by atoms with E-state index < -0.39 is 5.91 Å². The van der Waals surface area contributed by atoms with E-state index >= 15 is 0 Å². The summed E-state index contributed by atoms with van der Waals surface area (Å²) in [5.41, 5.74) is 8.17. The van der Waals surface area contributed by atoms with E-state index in [-0.39, 0.29) is 5.76 Å². The van der Waals surface area contributed by atoms with Gasteiger partial charge in [-0.2, -0.15) is 10.1 Å². The second kappa shape index (κ2) is 7.48. The Kier molecular flexibility index (Phi) is 4.52. The molecule has 10 nitrogen and oxygen atoms in total. The van der Waals surface area contributed by atoms with Crippen LogP contribution in [0.15, 0.2) is 46.9 Å². The summed E-state index contributed by atoms with van der Waals surface area (Å²) in [4.78, 5) is 22.7. The van der Waals surface area contributed by atoms with E-state index in [1.165, 1.54) is 6.07 Å². The van der Waals surface area contributed by atoms with E-state index in [1.807, 2.05) is 41.3 Å². The highest BCUT2D eigenvalue weighted by Crippen LogP contribution is 2.30. The van der Waals surface area contributed by atoms with Crippen LogP contribution in [0.4, 0.5) is 17.6 Å². The SMILES string of the molecule is NC(=O)c1cc2nc(Nc3cc(-c4ccccc4)[nH]n3)nc(N3CCOCC3)c2o1. The van der Waals surface area contributed by atoms with Gasteiger partial charge in [0.25, 0.3) is 5.91 Å². The van der Waals surface area contributed by atoms with E-state index in [9.17, 15) is 4.79 Å². The number of furan rings is 1. The number of morpholine rings is 1. The molecule has 0 bridgehead atoms. The van der Waals surface area contributed by atoms with Gasteiger partial charge < -0.3 is 25.1 Å². The van der Waals surface area contributed by atoms with Crippen LogP contribution in [0.25, 0.3) is 22.4 Å². The molecule has 1 aromatic carbocycles. The first-order valence-electron chi connectivity index (χ1n) is 9.49. The predicted molar refractivity (Wildman–Crippen MR) is 111 cm³/mol. The largest absolute Gasteiger partial charge is 0.445 e. The van der Waals surface area contributed by atoms with Crippen molar-refractivity contribution in [2.75, 3.05) is 36.5 Å². The topological polar surface area (TPSA) is 135 Å². The summed E-state index contributed by atoms with van der Waals surface area (Å²) in [6.07, 6.45) is 0. The Bertz CT molecular complexity index is 1200. The molecular weight excluding hydrogens is 386 g/mol. The molecule has 0 atom stereocenters. The summed E-state index contributed by atoms with van der Waals surface area (Å²) >= 11 is 0. The van der Waals surface area contributed by atoms with Crippen LogP contribution in [-0.4, -0.2) is 52.4 Å². The molecule has 0 radical (unpaired) electrons. The maximum absolute atomic E-state index is 11.6. The molecule has 1 aliphatic heterocycles. The molecule has 10 heteroatoms. The third kappa shape index (κ3) is 3.44. The highest BCUT2D eigenvalue weighted by molar-refractivity contribution is 5.96. The number of H-pyrrole nitrogens is 1. The Morgan fingerprint density at radius 2 is 1.93 bits per heavy atom. The van der Waals surface area contributed by atoms with Crippen molar-refractivity contribution in [2.45, 2.75) is 0 Å².